The van der Waals surface area contributed by atoms with E-state index in [0.29, 0.717) is 17.8 Å². The maximum absolute atomic E-state index is 13.6. The Morgan fingerprint density at radius 1 is 1.11 bits per heavy atom. The quantitative estimate of drug-likeness (QED) is 0.306. The van der Waals surface area contributed by atoms with E-state index in [9.17, 15) is 19.6 Å². The smallest absolute Gasteiger partial charge is 0.426 e. The van der Waals surface area contributed by atoms with Crippen molar-refractivity contribution in [3.05, 3.63) is 77.6 Å². The fraction of sp³-hybridized carbons (Fsp3) is 0.357. The van der Waals surface area contributed by atoms with Crippen LogP contribution in [0.25, 0.3) is 10.8 Å². The minimum absolute atomic E-state index is 0.0740. The van der Waals surface area contributed by atoms with Crippen LogP contribution in [0.2, 0.25) is 0 Å². The number of hydrogen-bond donors (Lipinski definition) is 4. The van der Waals surface area contributed by atoms with E-state index in [1.165, 1.54) is 0 Å². The molecule has 0 bridgehead atoms. The number of carbonyl (C=O) groups is 2. The molecule has 9 nitrogen and oxygen atoms in total. The first-order chi connectivity index (χ1) is 18.2. The molecule has 38 heavy (non-hydrogen) atoms. The van der Waals surface area contributed by atoms with Crippen LogP contribution in [0.3, 0.4) is 0 Å². The summed E-state index contributed by atoms with van der Waals surface area (Å²) < 4.78 is 0. The van der Waals surface area contributed by atoms with E-state index in [0.717, 1.165) is 21.9 Å². The first-order valence-corrected chi connectivity index (χ1v) is 12.8. The predicted octanol–water partition coefficient (Wildman–Crippen LogP) is 2.57. The number of nitrogens with one attached hydrogen (secondary N) is 2. The lowest BCUT2D eigenvalue weighted by molar-refractivity contribution is -0.144. The fourth-order valence-electron chi connectivity index (χ4n) is 4.68. The molecule has 1 aliphatic rings. The molecule has 0 saturated carbocycles. The highest BCUT2D eigenvalue weighted by Gasteiger charge is 2.48. The van der Waals surface area contributed by atoms with Crippen LogP contribution in [-0.2, 0) is 16.1 Å². The molecule has 0 fully saturated rings. The molecule has 10 heteroatoms. The summed E-state index contributed by atoms with van der Waals surface area (Å²) in [5.41, 5.74) is 1.31. The lowest BCUT2D eigenvalue weighted by Gasteiger charge is -2.29. The van der Waals surface area contributed by atoms with Gasteiger partial charge in [0.25, 0.3) is 11.8 Å². The summed E-state index contributed by atoms with van der Waals surface area (Å²) in [6.45, 7) is 5.90. The number of amides is 2. The zero-order valence-electron chi connectivity index (χ0n) is 21.8. The average Bonchev–Trinajstić information content (AvgIpc) is 3.31. The number of hydrogen-bond acceptors (Lipinski definition) is 7. The fourth-order valence-corrected chi connectivity index (χ4v) is 4.68. The number of benzene rings is 2. The van der Waals surface area contributed by atoms with Crippen molar-refractivity contribution in [1.82, 2.24) is 15.6 Å². The summed E-state index contributed by atoms with van der Waals surface area (Å²) in [6.07, 6.45) is 2.33. The van der Waals surface area contributed by atoms with E-state index in [2.05, 4.69) is 20.8 Å². The zero-order valence-corrected chi connectivity index (χ0v) is 21.8. The lowest BCUT2D eigenvalue weighted by atomic mass is 9.74. The second kappa shape index (κ2) is 11.7. The second-order valence-corrected chi connectivity index (χ2v) is 10.2. The maximum atomic E-state index is 13.6. The number of oxime groups is 1. The Morgan fingerprint density at radius 3 is 2.58 bits per heavy atom. The summed E-state index contributed by atoms with van der Waals surface area (Å²) in [5, 5.41) is 31.2. The molecular weight excluding hydrogens is 483 g/mol. The van der Waals surface area contributed by atoms with Crippen LogP contribution in [0.15, 0.2) is 65.9 Å². The van der Waals surface area contributed by atoms with Crippen molar-refractivity contribution in [2.24, 2.45) is 11.1 Å². The molecule has 4 N–H and O–H groups in total. The molecule has 3 aromatic rings. The van der Waals surface area contributed by atoms with Gasteiger partial charge in [-0.05, 0) is 41.8 Å². The Bertz CT molecular complexity index is 1340. The van der Waals surface area contributed by atoms with Gasteiger partial charge in [0.2, 0.25) is 5.60 Å². The van der Waals surface area contributed by atoms with Crippen LogP contribution < -0.4 is 10.6 Å². The predicted molar refractivity (Wildman–Crippen MR) is 146 cm³/mol. The molecule has 198 valence electrons. The van der Waals surface area contributed by atoms with Crippen molar-refractivity contribution in [3.63, 3.8) is 0 Å². The molecule has 2 unspecified atom stereocenters. The Kier molecular flexibility index (Phi) is 8.43. The van der Waals surface area contributed by atoms with Crippen molar-refractivity contribution >= 4 is 35.4 Å². The van der Waals surface area contributed by atoms with Crippen molar-refractivity contribution in [3.8, 4) is 0 Å². The third-order valence-electron chi connectivity index (χ3n) is 6.73. The number of pyridine rings is 1. The van der Waals surface area contributed by atoms with Gasteiger partial charge in [0.05, 0.1) is 18.2 Å². The molecule has 0 aliphatic carbocycles. The summed E-state index contributed by atoms with van der Waals surface area (Å²) >= 11 is 0. The molecule has 2 atom stereocenters. The van der Waals surface area contributed by atoms with E-state index >= 15 is 0 Å². The van der Waals surface area contributed by atoms with Gasteiger partial charge in [0, 0.05) is 24.4 Å². The molecule has 2 amide bonds. The van der Waals surface area contributed by atoms with Crippen LogP contribution in [0, 0.1) is 12.8 Å². The Balaban J connectivity index is 1.51. The van der Waals surface area contributed by atoms with Gasteiger partial charge in [0.1, 0.15) is 5.69 Å². The van der Waals surface area contributed by atoms with Crippen molar-refractivity contribution in [2.45, 2.75) is 51.6 Å². The first kappa shape index (κ1) is 27.3. The van der Waals surface area contributed by atoms with Crippen LogP contribution in [-0.4, -0.2) is 57.8 Å². The van der Waals surface area contributed by atoms with Gasteiger partial charge >= 0.3 is 7.12 Å². The van der Waals surface area contributed by atoms with Crippen LogP contribution in [0.1, 0.15) is 48.3 Å². The topological polar surface area (TPSA) is 133 Å². The number of rotatable bonds is 10. The maximum Gasteiger partial charge on any atom is 0.475 e. The van der Waals surface area contributed by atoms with Gasteiger partial charge in [-0.3, -0.25) is 14.6 Å². The van der Waals surface area contributed by atoms with Crippen LogP contribution >= 0.6 is 0 Å². The van der Waals surface area contributed by atoms with Crippen molar-refractivity contribution in [1.29, 1.82) is 0 Å². The lowest BCUT2D eigenvalue weighted by Crippen LogP contribution is -2.56. The monoisotopic (exact) mass is 516 g/mol. The molecule has 2 aromatic carbocycles. The SMILES string of the molecule is Cc1ccccc1CC1(C(=O)NC(CC(C)C)B(O)O)CC(CNC(=O)c2nccc3ccccc23)=NO1. The molecule has 1 aliphatic heterocycles. The number of nitrogens with zero attached hydrogens (tertiary/aromatic N) is 2. The Hall–Kier alpha value is -3.76. The molecule has 0 saturated heterocycles. The molecule has 2 heterocycles. The van der Waals surface area contributed by atoms with Crippen LogP contribution in [0.5, 0.6) is 0 Å². The third kappa shape index (κ3) is 6.20. The van der Waals surface area contributed by atoms with Crippen molar-refractivity contribution < 1.29 is 24.5 Å². The summed E-state index contributed by atoms with van der Waals surface area (Å²) in [5.74, 6) is -1.57. The van der Waals surface area contributed by atoms with Crippen molar-refractivity contribution in [2.75, 3.05) is 6.54 Å². The van der Waals surface area contributed by atoms with Gasteiger partial charge in [-0.25, -0.2) is 0 Å². The van der Waals surface area contributed by atoms with E-state index in [1.54, 1.807) is 6.20 Å². The van der Waals surface area contributed by atoms with E-state index in [-0.39, 0.29) is 31.2 Å². The van der Waals surface area contributed by atoms with Gasteiger partial charge in [-0.15, -0.1) is 0 Å². The minimum atomic E-state index is -1.72. The van der Waals surface area contributed by atoms with E-state index in [4.69, 9.17) is 4.84 Å². The number of fused-ring (bicyclic) bond motifs is 1. The number of carbonyl (C=O) groups excluding carboxylic acids is 2. The molecule has 0 spiro atoms. The Labute approximate surface area is 222 Å². The largest absolute Gasteiger partial charge is 0.475 e. The van der Waals surface area contributed by atoms with E-state index < -0.39 is 24.6 Å². The Morgan fingerprint density at radius 2 is 1.84 bits per heavy atom. The van der Waals surface area contributed by atoms with Gasteiger partial charge in [-0.2, -0.15) is 0 Å². The molecule has 1 aromatic heterocycles. The molecule has 4 rings (SSSR count). The van der Waals surface area contributed by atoms with Gasteiger partial charge in [-0.1, -0.05) is 67.5 Å². The van der Waals surface area contributed by atoms with Crippen LogP contribution in [0.4, 0.5) is 0 Å². The summed E-state index contributed by atoms with van der Waals surface area (Å²) in [7, 11) is -1.72. The summed E-state index contributed by atoms with van der Waals surface area (Å²) in [6, 6.07) is 17.0. The van der Waals surface area contributed by atoms with E-state index in [1.807, 2.05) is 75.4 Å². The second-order valence-electron chi connectivity index (χ2n) is 10.2. The third-order valence-corrected chi connectivity index (χ3v) is 6.73. The normalized spacial score (nSPS) is 17.6. The number of aromatic nitrogens is 1. The minimum Gasteiger partial charge on any atom is -0.426 e. The number of aryl methyl sites for hydroxylation is 1. The average molecular weight is 516 g/mol. The highest BCUT2D eigenvalue weighted by molar-refractivity contribution is 6.43. The molecule has 0 radical (unpaired) electrons. The highest BCUT2D eigenvalue weighted by atomic mass is 16.7. The zero-order chi connectivity index (χ0) is 27.3. The highest BCUT2D eigenvalue weighted by Crippen LogP contribution is 2.30. The molecular formula is C28H33BN4O5. The first-order valence-electron chi connectivity index (χ1n) is 12.8. The summed E-state index contributed by atoms with van der Waals surface area (Å²) in [4.78, 5) is 36.6. The van der Waals surface area contributed by atoms with Gasteiger partial charge < -0.3 is 25.5 Å². The van der Waals surface area contributed by atoms with Gasteiger partial charge in [0.15, 0.2) is 0 Å². The standard InChI is InChI=1S/C28H33BN4O5/c1-18(2)14-24(29(36)37)32-27(35)28(15-21-10-5-4-8-19(21)3)16-22(33-38-28)17-31-26(34)25-23-11-7-6-9-20(23)12-13-30-25/h4-13,18,24,36-37H,14-17H2,1-3H3,(H,31,34)(H,32,35).